The van der Waals surface area contributed by atoms with E-state index >= 15 is 0 Å². The van der Waals surface area contributed by atoms with E-state index < -0.39 is 5.41 Å². The lowest BCUT2D eigenvalue weighted by Gasteiger charge is -2.42. The second-order valence-corrected chi connectivity index (χ2v) is 35.0. The number of allylic oxidation sites excluding steroid dienone is 5. The minimum absolute atomic E-state index is 0.0298. The number of hydrogen-bond acceptors (Lipinski definition) is 6. The Kier molecular flexibility index (Phi) is 19.1. The number of nitrogens with zero attached hydrogens (tertiary/aromatic N) is 7. The van der Waals surface area contributed by atoms with Crippen LogP contribution in [0.25, 0.3) is 154 Å². The van der Waals surface area contributed by atoms with Crippen LogP contribution in [0.2, 0.25) is 0 Å². The van der Waals surface area contributed by atoms with Crippen LogP contribution in [0.4, 0.5) is 34.1 Å². The molecule has 0 spiro atoms. The molecule has 1 atom stereocenters. The smallest absolute Gasteiger partial charge is 0.235 e. The average molecular weight is 1630 g/mol. The highest BCUT2D eigenvalue weighted by Gasteiger charge is 2.40. The van der Waals surface area contributed by atoms with Crippen LogP contribution in [0, 0.1) is 5.41 Å². The maximum atomic E-state index is 8.37. The molecular weight excluding hydrogens is 1540 g/mol. The monoisotopic (exact) mass is 1630 g/mol. The zero-order valence-electron chi connectivity index (χ0n) is 71.8. The van der Waals surface area contributed by atoms with Crippen molar-refractivity contribution >= 4 is 133 Å². The first kappa shape index (κ1) is 77.4. The predicted molar refractivity (Wildman–Crippen MR) is 538 cm³/mol. The number of hydrogen-bond donors (Lipinski definition) is 1. The third kappa shape index (κ3) is 13.3. The third-order valence-electron chi connectivity index (χ3n) is 26.7. The molecule has 17 aromatic carbocycles. The molecule has 22 rings (SSSR count). The summed E-state index contributed by atoms with van der Waals surface area (Å²) in [6.07, 6.45) is 14.1. The molecule has 0 amide bonds. The summed E-state index contributed by atoms with van der Waals surface area (Å²) >= 11 is 0. The van der Waals surface area contributed by atoms with Crippen LogP contribution in [0.15, 0.2) is 412 Å². The van der Waals surface area contributed by atoms with Crippen LogP contribution >= 0.6 is 0 Å². The zero-order chi connectivity index (χ0) is 85.8. The van der Waals surface area contributed by atoms with E-state index in [2.05, 4.69) is 431 Å². The molecule has 0 bridgehead atoms. The highest BCUT2D eigenvalue weighted by atomic mass is 15.2. The van der Waals surface area contributed by atoms with Gasteiger partial charge in [0.05, 0.1) is 62.1 Å². The summed E-state index contributed by atoms with van der Waals surface area (Å²) in [6.45, 7) is 19.5. The Hall–Kier alpha value is -15.6. The van der Waals surface area contributed by atoms with Crippen molar-refractivity contribution in [2.24, 2.45) is 4.99 Å². The molecule has 2 aliphatic heterocycles. The molecule has 608 valence electrons. The van der Waals surface area contributed by atoms with Crippen molar-refractivity contribution in [3.8, 4) is 67.4 Å². The third-order valence-corrected chi connectivity index (χ3v) is 26.7. The first-order chi connectivity index (χ1) is 62.2. The topological polar surface area (TPSA) is 78.3 Å². The number of fused-ring (bicyclic) bond motifs is 16. The minimum Gasteiger partial charge on any atom is -0.310 e. The Bertz CT molecular complexity index is 7990. The molecule has 1 unspecified atom stereocenters. The maximum absolute atomic E-state index is 8.37. The van der Waals surface area contributed by atoms with E-state index in [4.69, 9.17) is 20.4 Å². The number of para-hydroxylation sites is 4. The lowest BCUT2D eigenvalue weighted by molar-refractivity contribution is 0.632. The van der Waals surface area contributed by atoms with Gasteiger partial charge in [-0.15, -0.1) is 6.58 Å². The van der Waals surface area contributed by atoms with Gasteiger partial charge in [-0.05, 0) is 227 Å². The minimum atomic E-state index is -0.393. The Morgan fingerprint density at radius 3 is 1.50 bits per heavy atom. The van der Waals surface area contributed by atoms with Crippen molar-refractivity contribution in [2.75, 3.05) is 9.80 Å². The van der Waals surface area contributed by atoms with Gasteiger partial charge in [-0.1, -0.05) is 326 Å². The van der Waals surface area contributed by atoms with Crippen molar-refractivity contribution < 1.29 is 0 Å². The largest absolute Gasteiger partial charge is 0.310 e. The summed E-state index contributed by atoms with van der Waals surface area (Å²) in [5.74, 6) is 0.614. The molecule has 3 aromatic heterocycles. The molecule has 8 heteroatoms. The van der Waals surface area contributed by atoms with Crippen LogP contribution in [0.5, 0.6) is 0 Å². The number of rotatable bonds is 19. The normalized spacial score (nSPS) is 13.7. The average Bonchev–Trinajstić information content (AvgIpc) is 1.71. The second kappa shape index (κ2) is 31.3. The van der Waals surface area contributed by atoms with Crippen LogP contribution in [-0.4, -0.2) is 37.1 Å². The molecule has 0 fully saturated rings. The van der Waals surface area contributed by atoms with Crippen molar-refractivity contribution in [3.63, 3.8) is 0 Å². The van der Waals surface area contributed by atoms with Gasteiger partial charge in [-0.3, -0.25) is 9.56 Å². The van der Waals surface area contributed by atoms with Crippen LogP contribution in [0.3, 0.4) is 0 Å². The molecule has 0 saturated heterocycles. The van der Waals surface area contributed by atoms with E-state index in [1.165, 1.54) is 93.2 Å². The molecule has 20 aromatic rings. The van der Waals surface area contributed by atoms with Crippen LogP contribution < -0.4 is 9.80 Å². The van der Waals surface area contributed by atoms with Crippen molar-refractivity contribution in [1.29, 1.82) is 5.41 Å². The molecule has 0 saturated carbocycles. The molecule has 8 nitrogen and oxygen atoms in total. The quantitative estimate of drug-likeness (QED) is 0.0497. The molecule has 2 aliphatic rings. The lowest BCUT2D eigenvalue weighted by atomic mass is 9.72. The fraction of sp³-hybridized carbons (Fsp3) is 0.0924. The Morgan fingerprint density at radius 1 is 0.394 bits per heavy atom. The van der Waals surface area contributed by atoms with Gasteiger partial charge in [0.25, 0.3) is 0 Å². The summed E-state index contributed by atoms with van der Waals surface area (Å²) < 4.78 is 4.74. The summed E-state index contributed by atoms with van der Waals surface area (Å²) in [5, 5.41) is 21.3. The van der Waals surface area contributed by atoms with Gasteiger partial charge >= 0.3 is 0 Å². The number of aliphatic imine (C=N–C) groups is 1. The number of benzene rings is 17. The van der Waals surface area contributed by atoms with Crippen molar-refractivity contribution in [1.82, 2.24) is 19.1 Å². The van der Waals surface area contributed by atoms with E-state index in [0.717, 1.165) is 135 Å². The van der Waals surface area contributed by atoms with Gasteiger partial charge in [-0.25, -0.2) is 9.97 Å². The van der Waals surface area contributed by atoms with Gasteiger partial charge in [0.1, 0.15) is 0 Å². The SMILES string of the molecule is C=CCCC(=C)C(=N)C/C=C\C=C/C(C)/N=C/c1ccc(-n2c3cc(-c4ccc5c(c4)N(c4ccccc4)c4ccc(-c6ccc(-c7ccc(-c8nc(-n9c%10cc(-c%11ccc%12c(c%11)N(c%11ccccc%11)c%11ccccc%11C%12(C)C)ccc%10c%10c%11ccccc%11ccc%109)nc9ccccc89)cc7)c7ccccc67)cc4C5(C)C)ccc3c3c4ccccc4ccc32)cc1. The lowest BCUT2D eigenvalue weighted by Crippen LogP contribution is -2.30. The fourth-order valence-electron chi connectivity index (χ4n) is 20.2. The fourth-order valence-corrected chi connectivity index (χ4v) is 20.2. The summed E-state index contributed by atoms with van der Waals surface area (Å²) in [4.78, 5) is 21.0. The molecule has 5 heterocycles. The van der Waals surface area contributed by atoms with Gasteiger partial charge < -0.3 is 19.8 Å². The molecule has 127 heavy (non-hydrogen) atoms. The Balaban J connectivity index is 0.585. The van der Waals surface area contributed by atoms with Gasteiger partial charge in [0.2, 0.25) is 5.95 Å². The van der Waals surface area contributed by atoms with Gasteiger partial charge in [0, 0.05) is 78.7 Å². The van der Waals surface area contributed by atoms with E-state index in [0.29, 0.717) is 18.1 Å². The van der Waals surface area contributed by atoms with E-state index in [1.54, 1.807) is 0 Å². The zero-order valence-corrected chi connectivity index (χ0v) is 71.8. The van der Waals surface area contributed by atoms with Crippen LogP contribution in [-0.2, 0) is 10.8 Å². The van der Waals surface area contributed by atoms with Crippen molar-refractivity contribution in [3.05, 3.63) is 435 Å². The van der Waals surface area contributed by atoms with Gasteiger partial charge in [0.15, 0.2) is 0 Å². The summed E-state index contributed by atoms with van der Waals surface area (Å²) in [6, 6.07) is 132. The van der Waals surface area contributed by atoms with Gasteiger partial charge in [-0.2, -0.15) is 0 Å². The summed E-state index contributed by atoms with van der Waals surface area (Å²) in [5.41, 5.74) is 31.2. The molecular formula is C119H92N8. The molecule has 0 radical (unpaired) electrons. The van der Waals surface area contributed by atoms with E-state index in [9.17, 15) is 0 Å². The van der Waals surface area contributed by atoms with E-state index in [1.807, 2.05) is 30.5 Å². The first-order valence-electron chi connectivity index (χ1n) is 44.1. The highest BCUT2D eigenvalue weighted by Crippen LogP contribution is 2.57. The van der Waals surface area contributed by atoms with Crippen molar-refractivity contribution in [2.45, 2.75) is 70.8 Å². The number of aromatic nitrogens is 4. The predicted octanol–water partition coefficient (Wildman–Crippen LogP) is 31.7. The second-order valence-electron chi connectivity index (χ2n) is 35.0. The Morgan fingerprint density at radius 2 is 0.882 bits per heavy atom. The molecule has 0 aliphatic carbocycles. The highest BCUT2D eigenvalue weighted by molar-refractivity contribution is 6.23. The summed E-state index contributed by atoms with van der Waals surface area (Å²) in [7, 11) is 0. The Labute approximate surface area is 740 Å². The first-order valence-corrected chi connectivity index (χ1v) is 44.1. The van der Waals surface area contributed by atoms with Crippen LogP contribution in [0.1, 0.15) is 81.7 Å². The molecule has 1 N–H and O–H groups in total. The number of anilines is 6. The van der Waals surface area contributed by atoms with E-state index in [-0.39, 0.29) is 11.5 Å². The maximum Gasteiger partial charge on any atom is 0.235 e. The standard InChI is InChI=1S/C119H92N8/c1-8-9-29-76(2)104(120)43-18-10-13-30-77(3)121-75-78-46-59-90(60-47-78)126-108-68-56-79-31-19-21-37-93(79)114(108)98-61-52-83(71-110(98)126)85-55-66-102-113(74-85)125(89-35-16-12-17-36-89)107-67-58-87(70-103(107)119(102,6)7)92-64-63-91(95-39-23-24-40-96(92)95)81-48-50-82(51-49-81)116-97-41-25-27-44-105(97)122-117(123-116)127-109-69-57-80-32-20-22-38-94(80)115(109)99-62-53-84(72-111(99)127)86-54-65-101-112(73-86)124(88-33-14-11-15-34-88)106-45-28-26-42-100(106)118(101,4)5/h8,10-28,30-42,44-75,77,120H,1-2,9,29,43H2,3-7H3/b18-10-,30-13-,120-104?,121-75+. The number of nitrogens with one attached hydrogen (secondary N) is 1.